The molecule has 4 aromatic carbocycles. The van der Waals surface area contributed by atoms with Crippen LogP contribution >= 0.6 is 0 Å². The molecule has 9 heteroatoms. The van der Waals surface area contributed by atoms with Crippen molar-refractivity contribution in [2.75, 3.05) is 46.6 Å². The first-order chi connectivity index (χ1) is 20.5. The number of hydrogen-bond acceptors (Lipinski definition) is 7. The average molecular weight is 747 g/mol. The van der Waals surface area contributed by atoms with Crippen molar-refractivity contribution in [3.63, 3.8) is 0 Å². The molecule has 0 aliphatic rings. The molecule has 0 fully saturated rings. The van der Waals surface area contributed by atoms with Gasteiger partial charge in [0.25, 0.3) is 0 Å². The van der Waals surface area contributed by atoms with Crippen LogP contribution in [0.1, 0.15) is 11.5 Å². The number of ether oxygens (including phenoxy) is 1. The van der Waals surface area contributed by atoms with Gasteiger partial charge in [0, 0.05) is 0 Å². The van der Waals surface area contributed by atoms with Crippen LogP contribution in [0, 0.1) is 0 Å². The van der Waals surface area contributed by atoms with Crippen LogP contribution in [0.15, 0.2) is 115 Å². The van der Waals surface area contributed by atoms with Gasteiger partial charge in [0.05, 0.1) is 0 Å². The molecule has 0 aliphatic heterocycles. The summed E-state index contributed by atoms with van der Waals surface area (Å²) in [5.74, 6) is -1.30. The summed E-state index contributed by atoms with van der Waals surface area (Å²) in [6.45, 7) is 0.263. The standard InChI is InChI=1S/C28H26GeO3.C6H12NO3.Sn/c1-32-27-20-12-11-19-25(27)26(28(30)31)21-29(22-13-5-2-6-14-22,23-15-7-3-8-16-23)24-17-9-4-10-18-24;8-4-1-7(2-5-9)3-6-10;/h2-20,26H,21H2,1H3,(H,30,31);1-6H2;/q;-3;+4/p-1. The first-order valence-corrected chi connectivity index (χ1v) is 18.6. The number of nitrogens with zero attached hydrogens (tertiary/aromatic N) is 1. The fourth-order valence-corrected chi connectivity index (χ4v) is 15.8. The molecule has 0 aromatic heterocycles. The quantitative estimate of drug-likeness (QED) is 0.147. The van der Waals surface area contributed by atoms with Crippen molar-refractivity contribution in [3.05, 3.63) is 121 Å². The Labute approximate surface area is 274 Å². The average Bonchev–Trinajstić information content (AvgIpc) is 3.04. The Hall–Kier alpha value is -2.67. The van der Waals surface area contributed by atoms with Crippen molar-refractivity contribution in [2.24, 2.45) is 0 Å². The van der Waals surface area contributed by atoms with Gasteiger partial charge in [-0.25, -0.2) is 0 Å². The maximum atomic E-state index is 12.6. The molecular weight excluding hydrogens is 710 g/mol. The Balaban J connectivity index is 0.000000507. The van der Waals surface area contributed by atoms with E-state index in [0.29, 0.717) is 36.2 Å². The van der Waals surface area contributed by atoms with E-state index in [9.17, 15) is 25.2 Å². The number of benzene rings is 4. The molecule has 0 saturated heterocycles. The molecule has 43 heavy (non-hydrogen) atoms. The number of para-hydroxylation sites is 1. The van der Waals surface area contributed by atoms with Gasteiger partial charge in [-0.2, -0.15) is 0 Å². The number of methoxy groups -OCH3 is 1. The molecule has 0 aliphatic carbocycles. The number of hydrogen-bond donors (Lipinski definition) is 0. The van der Waals surface area contributed by atoms with Crippen molar-refractivity contribution < 1.29 is 30.0 Å². The maximum Gasteiger partial charge on any atom is 4.00 e. The third-order valence-corrected chi connectivity index (χ3v) is 17.8. The molecule has 0 heterocycles. The molecule has 222 valence electrons. The van der Waals surface area contributed by atoms with Crippen molar-refractivity contribution in [1.82, 2.24) is 4.90 Å². The molecule has 4 rings (SSSR count). The van der Waals surface area contributed by atoms with Gasteiger partial charge < -0.3 is 20.2 Å². The summed E-state index contributed by atoms with van der Waals surface area (Å²) in [5, 5.41) is 43.2. The van der Waals surface area contributed by atoms with Gasteiger partial charge >= 0.3 is 216 Å². The number of carboxylic acid groups (broad SMARTS) is 1. The van der Waals surface area contributed by atoms with Crippen LogP contribution < -0.4 is 38.4 Å². The van der Waals surface area contributed by atoms with Gasteiger partial charge in [0.2, 0.25) is 0 Å². The summed E-state index contributed by atoms with van der Waals surface area (Å²) in [6.07, 6.45) is 0. The van der Waals surface area contributed by atoms with E-state index in [1.165, 1.54) is 13.2 Å². The van der Waals surface area contributed by atoms with E-state index in [1.54, 1.807) is 12.0 Å². The van der Waals surface area contributed by atoms with Gasteiger partial charge in [0.1, 0.15) is 0 Å². The van der Waals surface area contributed by atoms with Crippen LogP contribution in [-0.2, 0) is 4.79 Å². The third-order valence-electron chi connectivity index (χ3n) is 7.33. The first-order valence-electron chi connectivity index (χ1n) is 14.0. The fourth-order valence-electron chi connectivity index (χ4n) is 5.33. The summed E-state index contributed by atoms with van der Waals surface area (Å²) < 4.78 is 9.18. The minimum absolute atomic E-state index is 0. The fraction of sp³-hybridized carbons (Fsp3) is 0.265. The van der Waals surface area contributed by atoms with Gasteiger partial charge in [-0.05, 0) is 19.6 Å². The Morgan fingerprint density at radius 2 is 1.05 bits per heavy atom. The maximum absolute atomic E-state index is 12.6. The van der Waals surface area contributed by atoms with E-state index in [4.69, 9.17) is 4.74 Å². The smallest absolute Gasteiger partial charge is 0.854 e. The Kier molecular flexibility index (Phi) is 16.6. The number of carbonyl (C=O) groups excluding carboxylic acids is 1. The van der Waals surface area contributed by atoms with Crippen molar-refractivity contribution in [2.45, 2.75) is 11.2 Å². The topological polar surface area (TPSA) is 122 Å². The van der Waals surface area contributed by atoms with E-state index in [1.807, 2.05) is 78.9 Å². The van der Waals surface area contributed by atoms with E-state index in [-0.39, 0.29) is 43.7 Å². The predicted molar refractivity (Wildman–Crippen MR) is 166 cm³/mol. The second-order valence-corrected chi connectivity index (χ2v) is 18.1. The Bertz CT molecular complexity index is 1220. The van der Waals surface area contributed by atoms with Gasteiger partial charge in [-0.1, -0.05) is 0 Å². The molecule has 1 atom stereocenters. The molecule has 4 aromatic rings. The number of carboxylic acids is 1. The third kappa shape index (κ3) is 9.92. The summed E-state index contributed by atoms with van der Waals surface area (Å²) in [6, 6.07) is 38.5. The van der Waals surface area contributed by atoms with Gasteiger partial charge in [-0.15, -0.1) is 19.8 Å². The molecule has 0 bridgehead atoms. The van der Waals surface area contributed by atoms with Crippen molar-refractivity contribution in [3.8, 4) is 5.75 Å². The zero-order chi connectivity index (χ0) is 30.2. The van der Waals surface area contributed by atoms with Crippen LogP contribution in [0.5, 0.6) is 5.75 Å². The molecule has 0 N–H and O–H groups in total. The summed E-state index contributed by atoms with van der Waals surface area (Å²) in [7, 11) is 1.57. The Morgan fingerprint density at radius 3 is 1.40 bits per heavy atom. The molecule has 0 saturated carbocycles. The molecule has 7 nitrogen and oxygen atoms in total. The zero-order valence-electron chi connectivity index (χ0n) is 24.4. The normalized spacial score (nSPS) is 11.6. The number of rotatable bonds is 14. The van der Waals surface area contributed by atoms with E-state index < -0.39 is 25.2 Å². The number of aliphatic carboxylic acids is 1. The van der Waals surface area contributed by atoms with Crippen LogP contribution in [0.4, 0.5) is 0 Å². The molecule has 0 radical (unpaired) electrons. The largest absolute Gasteiger partial charge is 4.00 e. The SMILES string of the molecule is COc1ccccc1C([CH2][Ge]([c]1ccccc1)([c]1ccccc1)[c]1ccccc1)C(=O)[O-].[O-]CCN(CC[O-])CC[O-].[Sn+4]. The summed E-state index contributed by atoms with van der Waals surface area (Å²) in [4.78, 5) is 14.2. The van der Waals surface area contributed by atoms with Crippen LogP contribution in [0.2, 0.25) is 5.25 Å². The van der Waals surface area contributed by atoms with Crippen LogP contribution in [-0.4, -0.2) is 94.6 Å². The second-order valence-electron chi connectivity index (χ2n) is 9.78. The van der Waals surface area contributed by atoms with Gasteiger partial charge in [-0.3, -0.25) is 0 Å². The van der Waals surface area contributed by atoms with Crippen LogP contribution in [0.3, 0.4) is 0 Å². The van der Waals surface area contributed by atoms with E-state index in [0.717, 1.165) is 0 Å². The number of carbonyl (C=O) groups is 1. The van der Waals surface area contributed by atoms with Crippen molar-refractivity contribution in [1.29, 1.82) is 0 Å². The molecule has 1 unspecified atom stereocenters. The summed E-state index contributed by atoms with van der Waals surface area (Å²) in [5.41, 5.74) is 0.660. The monoisotopic (exact) mass is 749 g/mol. The second kappa shape index (κ2) is 19.6. The minimum atomic E-state index is -3.46. The van der Waals surface area contributed by atoms with Crippen LogP contribution in [0.25, 0.3) is 0 Å². The predicted octanol–water partition coefficient (Wildman–Crippen LogP) is -1.31. The first kappa shape index (κ1) is 36.5. The minimum Gasteiger partial charge on any atom is -0.854 e. The molecule has 0 spiro atoms. The zero-order valence-corrected chi connectivity index (χ0v) is 29.3. The van der Waals surface area contributed by atoms with Gasteiger partial charge in [0.15, 0.2) is 0 Å². The van der Waals surface area contributed by atoms with Crippen molar-refractivity contribution >= 4 is 56.3 Å². The Morgan fingerprint density at radius 1 is 0.674 bits per heavy atom. The van der Waals surface area contributed by atoms with E-state index in [2.05, 4.69) is 36.4 Å². The van der Waals surface area contributed by atoms with E-state index >= 15 is 0 Å². The molecular formula is C34H37GeNO6Sn. The molecule has 0 amide bonds. The summed E-state index contributed by atoms with van der Waals surface area (Å²) >= 11 is -3.46.